The third-order valence-electron chi connectivity index (χ3n) is 2.90. The largest absolute Gasteiger partial charge is 0.396 e. The molecule has 0 spiro atoms. The normalized spacial score (nSPS) is 19.3. The second-order valence-corrected chi connectivity index (χ2v) is 4.95. The van der Waals surface area contributed by atoms with Crippen LogP contribution in [0.2, 0.25) is 10.0 Å². The van der Waals surface area contributed by atoms with Gasteiger partial charge in [-0.1, -0.05) is 23.2 Å². The first kappa shape index (κ1) is 13.0. The van der Waals surface area contributed by atoms with Crippen LogP contribution in [0.5, 0.6) is 0 Å². The van der Waals surface area contributed by atoms with Gasteiger partial charge in [-0.15, -0.1) is 0 Å². The highest BCUT2D eigenvalue weighted by molar-refractivity contribution is 6.39. The SMILES string of the molecule is NC(=O)C1CC(=O)N(c2cc(Cl)c(N)c(Cl)c2)C1. The molecule has 1 fully saturated rings. The second-order valence-electron chi connectivity index (χ2n) is 4.13. The van der Waals surface area contributed by atoms with Crippen molar-refractivity contribution in [3.8, 4) is 0 Å². The lowest BCUT2D eigenvalue weighted by molar-refractivity contribution is -0.123. The monoisotopic (exact) mass is 287 g/mol. The van der Waals surface area contributed by atoms with E-state index in [2.05, 4.69) is 0 Å². The standard InChI is InChI=1S/C11H11Cl2N3O2/c12-7-2-6(3-8(13)10(7)14)16-4-5(11(15)18)1-9(16)17/h2-3,5H,1,4,14H2,(H2,15,18). The zero-order chi connectivity index (χ0) is 13.4. The van der Waals surface area contributed by atoms with Gasteiger partial charge >= 0.3 is 0 Å². The number of rotatable bonds is 2. The van der Waals surface area contributed by atoms with E-state index >= 15 is 0 Å². The fourth-order valence-electron chi connectivity index (χ4n) is 1.87. The molecule has 0 aromatic heterocycles. The number of amides is 2. The minimum Gasteiger partial charge on any atom is -0.396 e. The Balaban J connectivity index is 2.33. The molecule has 1 saturated heterocycles. The molecule has 2 rings (SSSR count). The molecule has 5 nitrogen and oxygen atoms in total. The molecule has 1 aromatic rings. The van der Waals surface area contributed by atoms with Gasteiger partial charge in [-0.2, -0.15) is 0 Å². The van der Waals surface area contributed by atoms with Gasteiger partial charge in [-0.05, 0) is 12.1 Å². The lowest BCUT2D eigenvalue weighted by Gasteiger charge is -2.17. The van der Waals surface area contributed by atoms with E-state index in [0.29, 0.717) is 5.69 Å². The van der Waals surface area contributed by atoms with E-state index in [0.717, 1.165) is 0 Å². The van der Waals surface area contributed by atoms with Gasteiger partial charge in [0.25, 0.3) is 0 Å². The number of nitrogen functional groups attached to an aromatic ring is 1. The summed E-state index contributed by atoms with van der Waals surface area (Å²) < 4.78 is 0. The summed E-state index contributed by atoms with van der Waals surface area (Å²) in [4.78, 5) is 24.3. The average Bonchev–Trinajstić information content (AvgIpc) is 2.68. The number of carbonyl (C=O) groups excluding carboxylic acids is 2. The highest BCUT2D eigenvalue weighted by Crippen LogP contribution is 2.35. The van der Waals surface area contributed by atoms with E-state index < -0.39 is 11.8 Å². The molecule has 7 heteroatoms. The Kier molecular flexibility index (Phi) is 3.36. The van der Waals surface area contributed by atoms with Crippen molar-refractivity contribution < 1.29 is 9.59 Å². The summed E-state index contributed by atoms with van der Waals surface area (Å²) in [6.45, 7) is 0.241. The van der Waals surface area contributed by atoms with Gasteiger partial charge in [0.15, 0.2) is 0 Å². The molecule has 1 unspecified atom stereocenters. The first-order valence-electron chi connectivity index (χ1n) is 5.24. The maximum absolute atomic E-state index is 11.8. The predicted molar refractivity (Wildman–Crippen MR) is 70.5 cm³/mol. The fourth-order valence-corrected chi connectivity index (χ4v) is 2.35. The van der Waals surface area contributed by atoms with E-state index in [-0.39, 0.29) is 34.6 Å². The molecule has 1 aliphatic rings. The number of nitrogens with two attached hydrogens (primary N) is 2. The van der Waals surface area contributed by atoms with Crippen LogP contribution in [-0.4, -0.2) is 18.4 Å². The number of carbonyl (C=O) groups is 2. The molecule has 96 valence electrons. The van der Waals surface area contributed by atoms with Crippen molar-refractivity contribution in [2.24, 2.45) is 11.7 Å². The summed E-state index contributed by atoms with van der Waals surface area (Å²) >= 11 is 11.8. The first-order chi connectivity index (χ1) is 8.40. The van der Waals surface area contributed by atoms with E-state index in [4.69, 9.17) is 34.7 Å². The molecular weight excluding hydrogens is 277 g/mol. The number of anilines is 2. The van der Waals surface area contributed by atoms with Crippen molar-refractivity contribution in [3.63, 3.8) is 0 Å². The van der Waals surface area contributed by atoms with E-state index in [1.165, 1.54) is 4.90 Å². The van der Waals surface area contributed by atoms with Gasteiger partial charge in [-0.25, -0.2) is 0 Å². The minimum atomic E-state index is -0.488. The molecule has 1 aromatic carbocycles. The minimum absolute atomic E-state index is 0.106. The third-order valence-corrected chi connectivity index (χ3v) is 3.53. The summed E-state index contributed by atoms with van der Waals surface area (Å²) in [6, 6.07) is 3.09. The van der Waals surface area contributed by atoms with Crippen LogP contribution in [0.15, 0.2) is 12.1 Å². The summed E-state index contributed by atoms with van der Waals surface area (Å²) in [5.41, 5.74) is 11.6. The van der Waals surface area contributed by atoms with Crippen LogP contribution in [0.1, 0.15) is 6.42 Å². The molecule has 1 aliphatic heterocycles. The number of halogens is 2. The van der Waals surface area contributed by atoms with E-state index in [1.807, 2.05) is 0 Å². The van der Waals surface area contributed by atoms with Crippen LogP contribution < -0.4 is 16.4 Å². The van der Waals surface area contributed by atoms with Crippen molar-refractivity contribution >= 4 is 46.4 Å². The number of nitrogens with zero attached hydrogens (tertiary/aromatic N) is 1. The topological polar surface area (TPSA) is 89.4 Å². The Labute approximate surface area is 114 Å². The molecular formula is C11H11Cl2N3O2. The zero-order valence-corrected chi connectivity index (χ0v) is 10.8. The summed E-state index contributed by atoms with van der Waals surface area (Å²) in [5.74, 6) is -1.15. The number of primary amides is 1. The van der Waals surface area contributed by atoms with Crippen molar-refractivity contribution in [3.05, 3.63) is 22.2 Å². The molecule has 0 saturated carbocycles. The third kappa shape index (κ3) is 2.23. The first-order valence-corrected chi connectivity index (χ1v) is 6.00. The van der Waals surface area contributed by atoms with Crippen LogP contribution in [0.4, 0.5) is 11.4 Å². The Hall–Kier alpha value is -1.46. The molecule has 4 N–H and O–H groups in total. The smallest absolute Gasteiger partial charge is 0.227 e. The summed E-state index contributed by atoms with van der Waals surface area (Å²) in [5, 5.41) is 0.542. The van der Waals surface area contributed by atoms with Crippen LogP contribution in [0.3, 0.4) is 0 Å². The van der Waals surface area contributed by atoms with Gasteiger partial charge in [0.05, 0.1) is 21.7 Å². The predicted octanol–water partition coefficient (Wildman–Crippen LogP) is 1.41. The average molecular weight is 288 g/mol. The van der Waals surface area contributed by atoms with Gasteiger partial charge < -0.3 is 16.4 Å². The van der Waals surface area contributed by atoms with Crippen LogP contribution in [0, 0.1) is 5.92 Å². The second kappa shape index (κ2) is 4.66. The molecule has 1 heterocycles. The maximum Gasteiger partial charge on any atom is 0.227 e. The van der Waals surface area contributed by atoms with Crippen molar-refractivity contribution in [2.45, 2.75) is 6.42 Å². The number of hydrogen-bond acceptors (Lipinski definition) is 3. The van der Waals surface area contributed by atoms with Crippen LogP contribution in [0.25, 0.3) is 0 Å². The van der Waals surface area contributed by atoms with Crippen molar-refractivity contribution in [2.75, 3.05) is 17.2 Å². The Morgan fingerprint density at radius 3 is 2.33 bits per heavy atom. The van der Waals surface area contributed by atoms with Gasteiger partial charge in [0, 0.05) is 18.7 Å². The Morgan fingerprint density at radius 2 is 1.89 bits per heavy atom. The maximum atomic E-state index is 11.8. The molecule has 18 heavy (non-hydrogen) atoms. The van der Waals surface area contributed by atoms with E-state index in [1.54, 1.807) is 12.1 Å². The lowest BCUT2D eigenvalue weighted by atomic mass is 10.1. The van der Waals surface area contributed by atoms with Gasteiger partial charge in [0.1, 0.15) is 0 Å². The summed E-state index contributed by atoms with van der Waals surface area (Å²) in [7, 11) is 0. The fraction of sp³-hybridized carbons (Fsp3) is 0.273. The number of hydrogen-bond donors (Lipinski definition) is 2. The lowest BCUT2D eigenvalue weighted by Crippen LogP contribution is -2.28. The zero-order valence-electron chi connectivity index (χ0n) is 9.32. The van der Waals surface area contributed by atoms with Crippen LogP contribution in [-0.2, 0) is 9.59 Å². The quantitative estimate of drug-likeness (QED) is 0.806. The summed E-state index contributed by atoms with van der Waals surface area (Å²) in [6.07, 6.45) is 0.106. The molecule has 2 amide bonds. The molecule has 0 bridgehead atoms. The van der Waals surface area contributed by atoms with Gasteiger partial charge in [-0.3, -0.25) is 9.59 Å². The molecule has 0 radical (unpaired) electrons. The highest BCUT2D eigenvalue weighted by Gasteiger charge is 2.34. The van der Waals surface area contributed by atoms with E-state index in [9.17, 15) is 9.59 Å². The highest BCUT2D eigenvalue weighted by atomic mass is 35.5. The van der Waals surface area contributed by atoms with Gasteiger partial charge in [0.2, 0.25) is 11.8 Å². The Bertz CT molecular complexity index is 510. The molecule has 1 atom stereocenters. The van der Waals surface area contributed by atoms with Crippen molar-refractivity contribution in [1.29, 1.82) is 0 Å². The van der Waals surface area contributed by atoms with Crippen LogP contribution >= 0.6 is 23.2 Å². The van der Waals surface area contributed by atoms with Crippen molar-refractivity contribution in [1.82, 2.24) is 0 Å². The Morgan fingerprint density at radius 1 is 1.33 bits per heavy atom. The molecule has 0 aliphatic carbocycles. The number of benzene rings is 1.